The van der Waals surface area contributed by atoms with Crippen molar-refractivity contribution in [1.29, 1.82) is 0 Å². The summed E-state index contributed by atoms with van der Waals surface area (Å²) in [5, 5.41) is 19.5. The number of hydrogen-bond donors (Lipinski definition) is 3. The number of phenols is 1. The number of amides is 2. The Morgan fingerprint density at radius 1 is 1.38 bits per heavy atom. The van der Waals surface area contributed by atoms with Crippen LogP contribution in [0.4, 0.5) is 0 Å². The molecular formula is C17H16N4O3. The molecule has 0 spiro atoms. The SMILES string of the molecule is CC1=NNC(=O)C1CC(=O)N/N=C/c1c(O)ccc2ccccc12. The standard InChI is InChI=1S/C17H16N4O3/c1-10-13(17(24)21-19-10)8-16(23)20-18-9-14-12-5-3-2-4-11(12)6-7-15(14)22/h2-7,9,13,22H,8H2,1H3,(H,20,23)(H,21,24)/b18-9+. The quantitative estimate of drug-likeness (QED) is 0.586. The number of hydrazone groups is 2. The molecule has 0 fully saturated rings. The van der Waals surface area contributed by atoms with Crippen molar-refractivity contribution in [3.8, 4) is 5.75 Å². The molecule has 3 N–H and O–H groups in total. The van der Waals surface area contributed by atoms with Crippen LogP contribution in [0, 0.1) is 5.92 Å². The lowest BCUT2D eigenvalue weighted by molar-refractivity contribution is -0.127. The third kappa shape index (κ3) is 3.10. The van der Waals surface area contributed by atoms with Gasteiger partial charge in [-0.15, -0.1) is 0 Å². The molecule has 0 saturated heterocycles. The van der Waals surface area contributed by atoms with Gasteiger partial charge in [0.15, 0.2) is 0 Å². The first-order valence-electron chi connectivity index (χ1n) is 7.43. The number of fused-ring (bicyclic) bond motifs is 1. The third-order valence-corrected chi connectivity index (χ3v) is 3.88. The number of aromatic hydroxyl groups is 1. The zero-order chi connectivity index (χ0) is 17.1. The highest BCUT2D eigenvalue weighted by molar-refractivity contribution is 6.09. The van der Waals surface area contributed by atoms with Crippen LogP contribution in [0.2, 0.25) is 0 Å². The summed E-state index contributed by atoms with van der Waals surface area (Å²) < 4.78 is 0. The zero-order valence-electron chi connectivity index (χ0n) is 13.0. The predicted octanol–water partition coefficient (Wildman–Crippen LogP) is 1.51. The Kier molecular flexibility index (Phi) is 4.24. The fourth-order valence-corrected chi connectivity index (χ4v) is 2.55. The van der Waals surface area contributed by atoms with E-state index < -0.39 is 11.8 Å². The van der Waals surface area contributed by atoms with Gasteiger partial charge in [-0.25, -0.2) is 10.9 Å². The van der Waals surface area contributed by atoms with Gasteiger partial charge in [-0.2, -0.15) is 10.2 Å². The monoisotopic (exact) mass is 324 g/mol. The summed E-state index contributed by atoms with van der Waals surface area (Å²) in [7, 11) is 0. The maximum absolute atomic E-state index is 11.9. The number of benzene rings is 2. The third-order valence-electron chi connectivity index (χ3n) is 3.88. The number of hydrogen-bond acceptors (Lipinski definition) is 5. The average molecular weight is 324 g/mol. The number of nitrogens with one attached hydrogen (secondary N) is 2. The molecule has 1 unspecified atom stereocenters. The molecule has 0 aromatic heterocycles. The van der Waals surface area contributed by atoms with Gasteiger partial charge in [0.1, 0.15) is 5.75 Å². The van der Waals surface area contributed by atoms with Gasteiger partial charge in [0.2, 0.25) is 11.8 Å². The molecule has 7 heteroatoms. The molecule has 24 heavy (non-hydrogen) atoms. The summed E-state index contributed by atoms with van der Waals surface area (Å²) in [5.74, 6) is -1.18. The number of rotatable bonds is 4. The van der Waals surface area contributed by atoms with Crippen molar-refractivity contribution < 1.29 is 14.7 Å². The summed E-state index contributed by atoms with van der Waals surface area (Å²) in [6, 6.07) is 10.9. The van der Waals surface area contributed by atoms with Crippen LogP contribution in [0.5, 0.6) is 5.75 Å². The van der Waals surface area contributed by atoms with E-state index in [0.29, 0.717) is 11.3 Å². The van der Waals surface area contributed by atoms with E-state index >= 15 is 0 Å². The van der Waals surface area contributed by atoms with Gasteiger partial charge in [-0.1, -0.05) is 30.3 Å². The summed E-state index contributed by atoms with van der Waals surface area (Å²) in [4.78, 5) is 23.4. The summed E-state index contributed by atoms with van der Waals surface area (Å²) in [5.41, 5.74) is 5.80. The Balaban J connectivity index is 1.71. The van der Waals surface area contributed by atoms with Crippen molar-refractivity contribution in [2.24, 2.45) is 16.1 Å². The normalized spacial score (nSPS) is 17.1. The van der Waals surface area contributed by atoms with Gasteiger partial charge < -0.3 is 5.11 Å². The number of carbonyl (C=O) groups is 2. The van der Waals surface area contributed by atoms with Crippen LogP contribution < -0.4 is 10.9 Å². The number of nitrogens with zero attached hydrogens (tertiary/aromatic N) is 2. The van der Waals surface area contributed by atoms with E-state index in [1.807, 2.05) is 24.3 Å². The van der Waals surface area contributed by atoms with Gasteiger partial charge in [-0.3, -0.25) is 9.59 Å². The minimum absolute atomic E-state index is 0.0278. The van der Waals surface area contributed by atoms with Crippen molar-refractivity contribution in [2.75, 3.05) is 0 Å². The van der Waals surface area contributed by atoms with Crippen LogP contribution in [-0.2, 0) is 9.59 Å². The lowest BCUT2D eigenvalue weighted by Crippen LogP contribution is -2.29. The smallest absolute Gasteiger partial charge is 0.249 e. The van der Waals surface area contributed by atoms with Gasteiger partial charge in [0.25, 0.3) is 0 Å². The molecule has 3 rings (SSSR count). The van der Waals surface area contributed by atoms with E-state index in [2.05, 4.69) is 21.1 Å². The van der Waals surface area contributed by atoms with E-state index in [0.717, 1.165) is 10.8 Å². The van der Waals surface area contributed by atoms with Crippen LogP contribution in [0.25, 0.3) is 10.8 Å². The average Bonchev–Trinajstić information content (AvgIpc) is 2.89. The highest BCUT2D eigenvalue weighted by Gasteiger charge is 2.28. The van der Waals surface area contributed by atoms with Crippen molar-refractivity contribution in [1.82, 2.24) is 10.9 Å². The largest absolute Gasteiger partial charge is 0.507 e. The molecule has 0 saturated carbocycles. The van der Waals surface area contributed by atoms with Gasteiger partial charge in [-0.05, 0) is 23.8 Å². The topological polar surface area (TPSA) is 103 Å². The molecule has 0 aliphatic carbocycles. The Hall–Kier alpha value is -3.22. The number of phenolic OH excluding ortho intramolecular Hbond substituents is 1. The molecule has 1 heterocycles. The lowest BCUT2D eigenvalue weighted by Gasteiger charge is -2.06. The molecule has 1 aliphatic heterocycles. The first-order chi connectivity index (χ1) is 11.6. The second-order valence-electron chi connectivity index (χ2n) is 5.50. The van der Waals surface area contributed by atoms with E-state index in [-0.39, 0.29) is 18.1 Å². The zero-order valence-corrected chi connectivity index (χ0v) is 13.0. The van der Waals surface area contributed by atoms with Crippen LogP contribution in [0.3, 0.4) is 0 Å². The van der Waals surface area contributed by atoms with Gasteiger partial charge >= 0.3 is 0 Å². The van der Waals surface area contributed by atoms with E-state index in [1.165, 1.54) is 6.21 Å². The fraction of sp³-hybridized carbons (Fsp3) is 0.176. The molecule has 122 valence electrons. The van der Waals surface area contributed by atoms with Crippen LogP contribution >= 0.6 is 0 Å². The van der Waals surface area contributed by atoms with Crippen molar-refractivity contribution in [2.45, 2.75) is 13.3 Å². The summed E-state index contributed by atoms with van der Waals surface area (Å²) >= 11 is 0. The second kappa shape index (κ2) is 6.49. The highest BCUT2D eigenvalue weighted by atomic mass is 16.3. The first kappa shape index (κ1) is 15.7. The Labute approximate surface area is 138 Å². The van der Waals surface area contributed by atoms with Crippen LogP contribution in [0.15, 0.2) is 46.6 Å². The Morgan fingerprint density at radius 3 is 2.92 bits per heavy atom. The molecule has 2 aromatic carbocycles. The van der Waals surface area contributed by atoms with Crippen LogP contribution in [0.1, 0.15) is 18.9 Å². The van der Waals surface area contributed by atoms with Crippen molar-refractivity contribution in [3.63, 3.8) is 0 Å². The molecule has 0 bridgehead atoms. The summed E-state index contributed by atoms with van der Waals surface area (Å²) in [6.07, 6.45) is 1.37. The van der Waals surface area contributed by atoms with Gasteiger partial charge in [0.05, 0.1) is 12.1 Å². The van der Waals surface area contributed by atoms with Crippen molar-refractivity contribution in [3.05, 3.63) is 42.0 Å². The molecule has 1 atom stereocenters. The van der Waals surface area contributed by atoms with Crippen LogP contribution in [-0.4, -0.2) is 28.8 Å². The molecular weight excluding hydrogens is 308 g/mol. The molecule has 7 nitrogen and oxygen atoms in total. The Morgan fingerprint density at radius 2 is 2.17 bits per heavy atom. The molecule has 2 amide bonds. The Bertz CT molecular complexity index is 873. The maximum Gasteiger partial charge on any atom is 0.249 e. The second-order valence-corrected chi connectivity index (χ2v) is 5.50. The van der Waals surface area contributed by atoms with Crippen molar-refractivity contribution >= 4 is 34.5 Å². The molecule has 0 radical (unpaired) electrons. The van der Waals surface area contributed by atoms with Gasteiger partial charge in [0, 0.05) is 17.7 Å². The summed E-state index contributed by atoms with van der Waals surface area (Å²) in [6.45, 7) is 1.69. The van der Waals surface area contributed by atoms with E-state index in [1.54, 1.807) is 19.1 Å². The van der Waals surface area contributed by atoms with E-state index in [9.17, 15) is 14.7 Å². The number of carbonyl (C=O) groups excluding carboxylic acids is 2. The minimum atomic E-state index is -0.564. The van der Waals surface area contributed by atoms with E-state index in [4.69, 9.17) is 0 Å². The predicted molar refractivity (Wildman–Crippen MR) is 90.7 cm³/mol. The highest BCUT2D eigenvalue weighted by Crippen LogP contribution is 2.25. The molecule has 2 aromatic rings. The molecule has 1 aliphatic rings. The first-order valence-corrected chi connectivity index (χ1v) is 7.43. The fourth-order valence-electron chi connectivity index (χ4n) is 2.55. The minimum Gasteiger partial charge on any atom is -0.507 e. The maximum atomic E-state index is 11.9. The lowest BCUT2D eigenvalue weighted by atomic mass is 10.0.